The third kappa shape index (κ3) is 8.47. The molecule has 3 aromatic carbocycles. The van der Waals surface area contributed by atoms with E-state index in [-0.39, 0.29) is 41.6 Å². The minimum atomic E-state index is -1.50. The van der Waals surface area contributed by atoms with E-state index in [1.807, 2.05) is 60.7 Å². The lowest BCUT2D eigenvalue weighted by atomic mass is 9.92. The van der Waals surface area contributed by atoms with Gasteiger partial charge in [-0.25, -0.2) is 4.79 Å². The molecule has 0 saturated carbocycles. The summed E-state index contributed by atoms with van der Waals surface area (Å²) < 4.78 is 34.7. The number of benzene rings is 3. The van der Waals surface area contributed by atoms with E-state index in [9.17, 15) is 29.1 Å². The quantitative estimate of drug-likeness (QED) is 0.0911. The van der Waals surface area contributed by atoms with Gasteiger partial charge >= 0.3 is 17.9 Å². The first-order valence-corrected chi connectivity index (χ1v) is 17.9. The SMILES string of the molecule is CO[C@@H](C(=O)OC[C@H](OC(C)=O)c1cc(Cl)c2c(c1)C1=C([C@@H](OCc3ccccc3)C[C@H]1O)[C@@H]2OC(C)=O)C1=CC(=O)C(=O)C(C)=C1OCc1ccccc1. The molecule has 0 spiro atoms. The first-order chi connectivity index (χ1) is 26.4. The highest BCUT2D eigenvalue weighted by Gasteiger charge is 2.47. The van der Waals surface area contributed by atoms with Crippen LogP contribution in [0, 0.1) is 0 Å². The molecule has 0 bridgehead atoms. The number of fused-ring (bicyclic) bond motifs is 2. The molecule has 3 aromatic rings. The van der Waals surface area contributed by atoms with Gasteiger partial charge in [0, 0.05) is 54.7 Å². The zero-order valence-corrected chi connectivity index (χ0v) is 31.3. The third-order valence-electron chi connectivity index (χ3n) is 9.46. The Bertz CT molecular complexity index is 2100. The van der Waals surface area contributed by atoms with Crippen molar-refractivity contribution in [2.24, 2.45) is 0 Å². The van der Waals surface area contributed by atoms with Gasteiger partial charge in [-0.15, -0.1) is 0 Å². The number of methoxy groups -OCH3 is 1. The van der Waals surface area contributed by atoms with E-state index >= 15 is 0 Å². The molecule has 55 heavy (non-hydrogen) atoms. The van der Waals surface area contributed by atoms with Gasteiger partial charge in [-0.05, 0) is 53.0 Å². The minimum absolute atomic E-state index is 0.00129. The van der Waals surface area contributed by atoms with Crippen molar-refractivity contribution in [2.75, 3.05) is 13.7 Å². The number of Topliss-reactive ketones (excluding diaryl/α,β-unsaturated/α-hetero) is 1. The van der Waals surface area contributed by atoms with Crippen LogP contribution in [-0.2, 0) is 65.6 Å². The summed E-state index contributed by atoms with van der Waals surface area (Å²) in [5.41, 5.74) is 3.96. The van der Waals surface area contributed by atoms with Crippen LogP contribution >= 0.6 is 11.6 Å². The number of halogens is 1. The number of carbonyl (C=O) groups is 5. The van der Waals surface area contributed by atoms with E-state index in [1.54, 1.807) is 6.07 Å². The van der Waals surface area contributed by atoms with Crippen molar-refractivity contribution in [3.63, 3.8) is 0 Å². The molecule has 12 nitrogen and oxygen atoms in total. The molecule has 0 heterocycles. The Labute approximate surface area is 322 Å². The Balaban J connectivity index is 1.27. The van der Waals surface area contributed by atoms with E-state index in [0.29, 0.717) is 27.8 Å². The van der Waals surface area contributed by atoms with Gasteiger partial charge in [0.1, 0.15) is 19.0 Å². The van der Waals surface area contributed by atoms with Crippen molar-refractivity contribution in [1.82, 2.24) is 0 Å². The maximum Gasteiger partial charge on any atom is 0.340 e. The molecule has 5 atom stereocenters. The number of hydrogen-bond acceptors (Lipinski definition) is 12. The second-order valence-electron chi connectivity index (χ2n) is 13.2. The van der Waals surface area contributed by atoms with Gasteiger partial charge in [0.2, 0.25) is 11.6 Å². The first-order valence-electron chi connectivity index (χ1n) is 17.5. The van der Waals surface area contributed by atoms with E-state index in [1.165, 1.54) is 33.9 Å². The van der Waals surface area contributed by atoms with Crippen molar-refractivity contribution in [3.05, 3.63) is 134 Å². The van der Waals surface area contributed by atoms with Crippen LogP contribution in [-0.4, -0.2) is 66.6 Å². The van der Waals surface area contributed by atoms with E-state index in [0.717, 1.165) is 17.2 Å². The van der Waals surface area contributed by atoms with Crippen LogP contribution in [0.5, 0.6) is 0 Å². The Morgan fingerprint density at radius 3 is 2.20 bits per heavy atom. The number of esters is 3. The molecule has 0 unspecified atom stereocenters. The Morgan fingerprint density at radius 1 is 0.927 bits per heavy atom. The summed E-state index contributed by atoms with van der Waals surface area (Å²) in [5, 5.41) is 11.5. The zero-order valence-electron chi connectivity index (χ0n) is 30.5. The van der Waals surface area contributed by atoms with Gasteiger partial charge in [-0.2, -0.15) is 0 Å². The average molecular weight is 771 g/mol. The van der Waals surface area contributed by atoms with Crippen molar-refractivity contribution in [1.29, 1.82) is 0 Å². The zero-order chi connectivity index (χ0) is 39.4. The molecule has 0 amide bonds. The number of rotatable bonds is 14. The Hall–Kier alpha value is -5.40. The predicted octanol–water partition coefficient (Wildman–Crippen LogP) is 5.79. The number of hydrogen-bond donors (Lipinski definition) is 1. The second-order valence-corrected chi connectivity index (χ2v) is 13.6. The molecule has 13 heteroatoms. The number of ether oxygens (including phenoxy) is 6. The Kier molecular flexibility index (Phi) is 12.1. The van der Waals surface area contributed by atoms with Gasteiger partial charge in [0.25, 0.3) is 0 Å². The van der Waals surface area contributed by atoms with Crippen LogP contribution in [0.1, 0.15) is 67.2 Å². The van der Waals surface area contributed by atoms with Crippen LogP contribution < -0.4 is 0 Å². The number of allylic oxidation sites excluding steroid dienone is 2. The number of aliphatic hydroxyl groups is 1. The molecular weight excluding hydrogens is 732 g/mol. The van der Waals surface area contributed by atoms with Gasteiger partial charge < -0.3 is 33.5 Å². The van der Waals surface area contributed by atoms with Crippen molar-refractivity contribution in [3.8, 4) is 0 Å². The summed E-state index contributed by atoms with van der Waals surface area (Å²) >= 11 is 6.89. The smallest absolute Gasteiger partial charge is 0.340 e. The highest BCUT2D eigenvalue weighted by atomic mass is 35.5. The standard InChI is InChI=1S/C42H39ClO12/c1-22-38(48)32(47)17-29(39(22)52-20-26-13-9-6-10-14-26)40(50-4)42(49)53-21-34(54-23(2)44)27-15-28-35(30(43)16-27)41(55-24(3)45)37-33(18-31(46)36(28)37)51-19-25-11-7-5-8-12-25/h5-17,31,33-34,40-41,46H,18-21H2,1-4H3/t31-,33+,34+,40-,41-/m1/s1. The third-order valence-corrected chi connectivity index (χ3v) is 9.77. The van der Waals surface area contributed by atoms with E-state index in [2.05, 4.69) is 0 Å². The number of ketones is 2. The van der Waals surface area contributed by atoms with Crippen LogP contribution in [0.15, 0.2) is 101 Å². The lowest BCUT2D eigenvalue weighted by Gasteiger charge is -2.26. The minimum Gasteiger partial charge on any atom is -0.488 e. The number of carbonyl (C=O) groups excluding carboxylic acids is 5. The summed E-state index contributed by atoms with van der Waals surface area (Å²) in [5.74, 6) is -3.85. The molecule has 6 rings (SSSR count). The van der Waals surface area contributed by atoms with Crippen LogP contribution in [0.25, 0.3) is 5.57 Å². The normalized spacial score (nSPS) is 20.0. The fourth-order valence-electron chi connectivity index (χ4n) is 7.02. The highest BCUT2D eigenvalue weighted by molar-refractivity contribution is 6.48. The van der Waals surface area contributed by atoms with E-state index in [4.69, 9.17) is 40.0 Å². The summed E-state index contributed by atoms with van der Waals surface area (Å²) in [6.07, 6.45) is -4.05. The van der Waals surface area contributed by atoms with Crippen molar-refractivity contribution in [2.45, 2.75) is 70.9 Å². The predicted molar refractivity (Wildman–Crippen MR) is 197 cm³/mol. The van der Waals surface area contributed by atoms with Gasteiger partial charge in [0.15, 0.2) is 18.3 Å². The molecule has 286 valence electrons. The molecule has 0 saturated heterocycles. The summed E-state index contributed by atoms with van der Waals surface area (Å²) in [4.78, 5) is 63.6. The summed E-state index contributed by atoms with van der Waals surface area (Å²) in [7, 11) is 1.23. The Morgan fingerprint density at radius 2 is 1.58 bits per heavy atom. The molecule has 1 N–H and O–H groups in total. The second kappa shape index (κ2) is 17.0. The van der Waals surface area contributed by atoms with Gasteiger partial charge in [0.05, 0.1) is 18.8 Å². The summed E-state index contributed by atoms with van der Waals surface area (Å²) in [6, 6.07) is 21.8. The largest absolute Gasteiger partial charge is 0.488 e. The molecule has 0 aromatic heterocycles. The van der Waals surface area contributed by atoms with Gasteiger partial charge in [-0.1, -0.05) is 72.3 Å². The molecular formula is C42H39ClO12. The van der Waals surface area contributed by atoms with Crippen LogP contribution in [0.2, 0.25) is 5.02 Å². The summed E-state index contributed by atoms with van der Waals surface area (Å²) in [6.45, 7) is 3.66. The van der Waals surface area contributed by atoms with E-state index < -0.39 is 66.6 Å². The van der Waals surface area contributed by atoms with Crippen LogP contribution in [0.4, 0.5) is 0 Å². The maximum atomic E-state index is 13.7. The van der Waals surface area contributed by atoms with Crippen molar-refractivity contribution >= 4 is 46.6 Å². The average Bonchev–Trinajstić information content (AvgIpc) is 3.66. The van der Waals surface area contributed by atoms with Gasteiger partial charge in [-0.3, -0.25) is 19.2 Å². The number of aliphatic hydroxyl groups excluding tert-OH is 1. The monoisotopic (exact) mass is 770 g/mol. The first kappa shape index (κ1) is 39.3. The fraction of sp³-hybridized carbons (Fsp3) is 0.310. The topological polar surface area (TPSA) is 161 Å². The van der Waals surface area contributed by atoms with Crippen molar-refractivity contribution < 1.29 is 57.5 Å². The molecule has 3 aliphatic rings. The molecule has 3 aliphatic carbocycles. The lowest BCUT2D eigenvalue weighted by molar-refractivity contribution is -0.163. The molecule has 0 aliphatic heterocycles. The maximum absolute atomic E-state index is 13.7. The lowest BCUT2D eigenvalue weighted by Crippen LogP contribution is -2.34. The molecule has 0 radical (unpaired) electrons. The highest BCUT2D eigenvalue weighted by Crippen LogP contribution is 2.54. The molecule has 0 fully saturated rings. The fourth-order valence-corrected chi connectivity index (χ4v) is 7.35. The van der Waals surface area contributed by atoms with Crippen LogP contribution in [0.3, 0.4) is 0 Å².